The Bertz CT molecular complexity index is 483. The van der Waals surface area contributed by atoms with Crippen molar-refractivity contribution in [2.75, 3.05) is 13.1 Å². The zero-order chi connectivity index (χ0) is 13.3. The number of nitrogens with one attached hydrogen (secondary N) is 1. The van der Waals surface area contributed by atoms with Crippen molar-refractivity contribution in [1.29, 1.82) is 0 Å². The molecule has 19 heavy (non-hydrogen) atoms. The lowest BCUT2D eigenvalue weighted by Gasteiger charge is -2.27. The Morgan fingerprint density at radius 2 is 2.21 bits per heavy atom. The van der Waals surface area contributed by atoms with Crippen LogP contribution in [0, 0.1) is 0 Å². The molecule has 0 aromatic carbocycles. The van der Waals surface area contributed by atoms with Crippen molar-refractivity contribution in [3.63, 3.8) is 0 Å². The fourth-order valence-electron chi connectivity index (χ4n) is 3.10. The van der Waals surface area contributed by atoms with Crippen LogP contribution >= 0.6 is 0 Å². The van der Waals surface area contributed by atoms with E-state index in [2.05, 4.69) is 5.32 Å². The number of rotatable bonds is 1. The summed E-state index contributed by atoms with van der Waals surface area (Å²) < 4.78 is 5.16. The molecule has 0 saturated carbocycles. The third-order valence-corrected chi connectivity index (χ3v) is 4.20. The molecule has 1 aromatic rings. The molecule has 1 N–H and O–H groups in total. The first-order valence-electron chi connectivity index (χ1n) is 6.82. The van der Waals surface area contributed by atoms with E-state index < -0.39 is 0 Å². The maximum atomic E-state index is 12.2. The van der Waals surface area contributed by atoms with Gasteiger partial charge in [0.1, 0.15) is 0 Å². The van der Waals surface area contributed by atoms with Gasteiger partial charge in [0, 0.05) is 25.0 Å². The third kappa shape index (κ3) is 2.37. The molecular formula is C14H18N2O3. The van der Waals surface area contributed by atoms with Crippen molar-refractivity contribution in [2.24, 2.45) is 0 Å². The highest BCUT2D eigenvalue weighted by Gasteiger charge is 2.39. The van der Waals surface area contributed by atoms with E-state index in [0.717, 1.165) is 32.2 Å². The van der Waals surface area contributed by atoms with Crippen molar-refractivity contribution in [3.05, 3.63) is 24.2 Å². The predicted molar refractivity (Wildman–Crippen MR) is 68.6 cm³/mol. The molecule has 2 fully saturated rings. The van der Waals surface area contributed by atoms with Gasteiger partial charge in [-0.3, -0.25) is 9.59 Å². The Morgan fingerprint density at radius 1 is 1.32 bits per heavy atom. The van der Waals surface area contributed by atoms with Crippen LogP contribution in [0.2, 0.25) is 0 Å². The van der Waals surface area contributed by atoms with E-state index >= 15 is 0 Å². The van der Waals surface area contributed by atoms with E-state index in [1.165, 1.54) is 6.26 Å². The third-order valence-electron chi connectivity index (χ3n) is 4.20. The van der Waals surface area contributed by atoms with Gasteiger partial charge in [-0.15, -0.1) is 0 Å². The van der Waals surface area contributed by atoms with Gasteiger partial charge in [0.2, 0.25) is 5.91 Å². The van der Waals surface area contributed by atoms with Gasteiger partial charge < -0.3 is 14.6 Å². The number of carbonyl (C=O) groups is 2. The number of nitrogens with zero attached hydrogens (tertiary/aromatic N) is 1. The first kappa shape index (κ1) is 12.3. The van der Waals surface area contributed by atoms with Gasteiger partial charge in [-0.2, -0.15) is 0 Å². The standard InChI is InChI=1S/C14H18N2O3/c17-12-4-6-14(15-12)5-2-8-16(9-7-14)13(18)11-3-1-10-19-11/h1,3,10H,2,4-9H2,(H,15,17)/t14-/m1/s1. The second-order valence-electron chi connectivity index (χ2n) is 5.45. The minimum atomic E-state index is -0.0741. The van der Waals surface area contributed by atoms with E-state index in [4.69, 9.17) is 4.42 Å². The van der Waals surface area contributed by atoms with E-state index in [1.54, 1.807) is 12.1 Å². The highest BCUT2D eigenvalue weighted by atomic mass is 16.3. The Morgan fingerprint density at radius 3 is 2.89 bits per heavy atom. The predicted octanol–water partition coefficient (Wildman–Crippen LogP) is 1.55. The molecule has 0 radical (unpaired) electrons. The van der Waals surface area contributed by atoms with Crippen LogP contribution in [0.4, 0.5) is 0 Å². The molecule has 2 amide bonds. The number of hydrogen-bond acceptors (Lipinski definition) is 3. The lowest BCUT2D eigenvalue weighted by Crippen LogP contribution is -2.42. The average molecular weight is 262 g/mol. The Kier molecular flexibility index (Phi) is 3.05. The molecule has 0 aliphatic carbocycles. The van der Waals surface area contributed by atoms with Gasteiger partial charge in [-0.25, -0.2) is 0 Å². The summed E-state index contributed by atoms with van der Waals surface area (Å²) in [4.78, 5) is 25.5. The van der Waals surface area contributed by atoms with Crippen LogP contribution in [0.1, 0.15) is 42.7 Å². The van der Waals surface area contributed by atoms with Crippen LogP contribution in [0.25, 0.3) is 0 Å². The monoisotopic (exact) mass is 262 g/mol. The highest BCUT2D eigenvalue weighted by molar-refractivity contribution is 5.91. The Labute approximate surface area is 111 Å². The van der Waals surface area contributed by atoms with Crippen molar-refractivity contribution >= 4 is 11.8 Å². The van der Waals surface area contributed by atoms with Crippen molar-refractivity contribution in [3.8, 4) is 0 Å². The van der Waals surface area contributed by atoms with Crippen LogP contribution < -0.4 is 5.32 Å². The largest absolute Gasteiger partial charge is 0.459 e. The summed E-state index contributed by atoms with van der Waals surface area (Å²) in [6.45, 7) is 1.41. The quantitative estimate of drug-likeness (QED) is 0.835. The molecule has 5 heteroatoms. The second-order valence-corrected chi connectivity index (χ2v) is 5.45. The molecule has 102 valence electrons. The summed E-state index contributed by atoms with van der Waals surface area (Å²) in [6.07, 6.45) is 5.75. The molecule has 0 bridgehead atoms. The summed E-state index contributed by atoms with van der Waals surface area (Å²) in [5.74, 6) is 0.489. The lowest BCUT2D eigenvalue weighted by atomic mass is 9.89. The van der Waals surface area contributed by atoms with Gasteiger partial charge in [0.15, 0.2) is 5.76 Å². The molecule has 2 aliphatic heterocycles. The lowest BCUT2D eigenvalue weighted by molar-refractivity contribution is -0.119. The van der Waals surface area contributed by atoms with E-state index in [9.17, 15) is 9.59 Å². The normalized spacial score (nSPS) is 27.4. The smallest absolute Gasteiger partial charge is 0.289 e. The fourth-order valence-corrected chi connectivity index (χ4v) is 3.10. The molecule has 3 rings (SSSR count). The van der Waals surface area contributed by atoms with Gasteiger partial charge in [-0.05, 0) is 37.8 Å². The van der Waals surface area contributed by atoms with E-state index in [1.807, 2.05) is 4.90 Å². The van der Waals surface area contributed by atoms with Crippen LogP contribution in [-0.2, 0) is 4.79 Å². The maximum Gasteiger partial charge on any atom is 0.289 e. The van der Waals surface area contributed by atoms with Gasteiger partial charge in [0.25, 0.3) is 5.91 Å². The number of likely N-dealkylation sites (tertiary alicyclic amines) is 1. The first-order chi connectivity index (χ1) is 9.19. The molecule has 1 atom stereocenters. The summed E-state index contributed by atoms with van der Waals surface area (Å²) in [7, 11) is 0. The SMILES string of the molecule is O=C1CC[C@@]2(CCCN(C(=O)c3ccco3)CC2)N1. The number of hydrogen-bond donors (Lipinski definition) is 1. The van der Waals surface area contributed by atoms with Crippen molar-refractivity contribution in [2.45, 2.75) is 37.6 Å². The summed E-state index contributed by atoms with van der Waals surface area (Å²) in [5, 5.41) is 3.10. The summed E-state index contributed by atoms with van der Waals surface area (Å²) >= 11 is 0. The van der Waals surface area contributed by atoms with Gasteiger partial charge in [0.05, 0.1) is 6.26 Å². The van der Waals surface area contributed by atoms with E-state index in [-0.39, 0.29) is 17.4 Å². The van der Waals surface area contributed by atoms with Crippen LogP contribution in [0.15, 0.2) is 22.8 Å². The zero-order valence-corrected chi connectivity index (χ0v) is 10.9. The second kappa shape index (κ2) is 4.72. The molecule has 2 saturated heterocycles. The summed E-state index contributed by atoms with van der Waals surface area (Å²) in [5.41, 5.74) is -0.0741. The van der Waals surface area contributed by atoms with Gasteiger partial charge in [-0.1, -0.05) is 0 Å². The van der Waals surface area contributed by atoms with Crippen LogP contribution in [-0.4, -0.2) is 35.3 Å². The zero-order valence-electron chi connectivity index (χ0n) is 10.9. The van der Waals surface area contributed by atoms with E-state index in [0.29, 0.717) is 18.7 Å². The molecule has 2 aliphatic rings. The van der Waals surface area contributed by atoms with Crippen molar-refractivity contribution < 1.29 is 14.0 Å². The molecule has 0 unspecified atom stereocenters. The first-order valence-corrected chi connectivity index (χ1v) is 6.82. The minimum absolute atomic E-state index is 0.0497. The highest BCUT2D eigenvalue weighted by Crippen LogP contribution is 2.31. The van der Waals surface area contributed by atoms with Crippen LogP contribution in [0.5, 0.6) is 0 Å². The summed E-state index contributed by atoms with van der Waals surface area (Å²) in [6, 6.07) is 3.42. The topological polar surface area (TPSA) is 62.6 Å². The molecule has 3 heterocycles. The Balaban J connectivity index is 1.68. The minimum Gasteiger partial charge on any atom is -0.459 e. The average Bonchev–Trinajstić information content (AvgIpc) is 2.98. The number of amides is 2. The van der Waals surface area contributed by atoms with Crippen molar-refractivity contribution in [1.82, 2.24) is 10.2 Å². The number of carbonyl (C=O) groups excluding carboxylic acids is 2. The molecule has 1 spiro atoms. The fraction of sp³-hybridized carbons (Fsp3) is 0.571. The number of furan rings is 1. The maximum absolute atomic E-state index is 12.2. The Hall–Kier alpha value is -1.78. The van der Waals surface area contributed by atoms with Gasteiger partial charge >= 0.3 is 0 Å². The molecule has 1 aromatic heterocycles. The van der Waals surface area contributed by atoms with Crippen LogP contribution in [0.3, 0.4) is 0 Å². The molecular weight excluding hydrogens is 244 g/mol. The molecule has 5 nitrogen and oxygen atoms in total.